The summed E-state index contributed by atoms with van der Waals surface area (Å²) in [7, 11) is 0. The topological polar surface area (TPSA) is 67.4 Å². The van der Waals surface area contributed by atoms with Gasteiger partial charge in [-0.25, -0.2) is 0 Å². The van der Waals surface area contributed by atoms with Crippen LogP contribution in [0.15, 0.2) is 66.7 Å². The third-order valence-electron chi connectivity index (χ3n) is 4.73. The number of ether oxygens (including phenoxy) is 1. The van der Waals surface area contributed by atoms with E-state index in [4.69, 9.17) is 4.74 Å². The van der Waals surface area contributed by atoms with Crippen LogP contribution < -0.4 is 15.4 Å². The van der Waals surface area contributed by atoms with E-state index in [1.165, 1.54) is 18.2 Å². The van der Waals surface area contributed by atoms with E-state index < -0.39 is 35.3 Å². The molecule has 0 aliphatic rings. The quantitative estimate of drug-likeness (QED) is 0.377. The lowest BCUT2D eigenvalue weighted by molar-refractivity contribution is -0.138. The van der Waals surface area contributed by atoms with Gasteiger partial charge in [0.1, 0.15) is 5.75 Å². The molecule has 3 aromatic rings. The second-order valence-corrected chi connectivity index (χ2v) is 7.20. The average molecular weight is 496 g/mol. The van der Waals surface area contributed by atoms with Crippen LogP contribution in [-0.4, -0.2) is 18.4 Å². The van der Waals surface area contributed by atoms with Crippen molar-refractivity contribution in [3.8, 4) is 5.75 Å². The first kappa shape index (κ1) is 25.6. The lowest BCUT2D eigenvalue weighted by Gasteiger charge is -2.13. The Morgan fingerprint density at radius 1 is 0.714 bits per heavy atom. The lowest BCUT2D eigenvalue weighted by atomic mass is 10.1. The van der Waals surface area contributed by atoms with E-state index in [-0.39, 0.29) is 34.9 Å². The third-order valence-corrected chi connectivity index (χ3v) is 4.73. The summed E-state index contributed by atoms with van der Waals surface area (Å²) in [6.45, 7) is 1.86. The van der Waals surface area contributed by atoms with Gasteiger partial charge < -0.3 is 15.4 Å². The van der Waals surface area contributed by atoms with E-state index in [0.29, 0.717) is 0 Å². The molecule has 0 saturated heterocycles. The normalized spacial score (nSPS) is 11.6. The van der Waals surface area contributed by atoms with Gasteiger partial charge in [-0.3, -0.25) is 9.59 Å². The van der Waals surface area contributed by atoms with Crippen molar-refractivity contribution in [3.05, 3.63) is 89.0 Å². The van der Waals surface area contributed by atoms with Crippen LogP contribution in [-0.2, 0) is 12.4 Å². The van der Waals surface area contributed by atoms with E-state index in [9.17, 15) is 35.9 Å². The summed E-state index contributed by atoms with van der Waals surface area (Å²) >= 11 is 0. The van der Waals surface area contributed by atoms with Crippen LogP contribution in [0.25, 0.3) is 0 Å². The van der Waals surface area contributed by atoms with Crippen molar-refractivity contribution in [2.45, 2.75) is 19.3 Å². The van der Waals surface area contributed by atoms with Crippen LogP contribution in [0.2, 0.25) is 0 Å². The molecular weight excluding hydrogens is 478 g/mol. The molecule has 0 radical (unpaired) electrons. The predicted molar refractivity (Wildman–Crippen MR) is 116 cm³/mol. The summed E-state index contributed by atoms with van der Waals surface area (Å²) < 4.78 is 81.8. The Hall–Kier alpha value is -4.02. The molecule has 0 aromatic heterocycles. The molecule has 0 saturated carbocycles. The first-order chi connectivity index (χ1) is 16.4. The number of carbonyl (C=O) groups is 2. The molecule has 0 bridgehead atoms. The van der Waals surface area contributed by atoms with Crippen molar-refractivity contribution in [3.63, 3.8) is 0 Å². The SMILES string of the molecule is CCOc1ccc(C(=O)Nc2ccc(C(F)(F)F)cc2)cc1C(=O)Nc1ccc(C(F)(F)F)cc1. The maximum absolute atomic E-state index is 12.8. The van der Waals surface area contributed by atoms with E-state index in [1.54, 1.807) is 6.92 Å². The van der Waals surface area contributed by atoms with Gasteiger partial charge in [-0.2, -0.15) is 26.3 Å². The van der Waals surface area contributed by atoms with Gasteiger partial charge in [0.25, 0.3) is 11.8 Å². The van der Waals surface area contributed by atoms with Gasteiger partial charge in [-0.1, -0.05) is 0 Å². The molecule has 0 aliphatic carbocycles. The number of alkyl halides is 6. The molecule has 5 nitrogen and oxygen atoms in total. The number of hydrogen-bond donors (Lipinski definition) is 2. The second kappa shape index (κ2) is 10.1. The van der Waals surface area contributed by atoms with Crippen LogP contribution >= 0.6 is 0 Å². The molecule has 3 aromatic carbocycles. The zero-order chi connectivity index (χ0) is 25.8. The van der Waals surface area contributed by atoms with Crippen molar-refractivity contribution in [1.82, 2.24) is 0 Å². The van der Waals surface area contributed by atoms with Gasteiger partial charge >= 0.3 is 12.4 Å². The summed E-state index contributed by atoms with van der Waals surface area (Å²) in [5, 5.41) is 4.89. The number of hydrogen-bond acceptors (Lipinski definition) is 3. The molecule has 2 N–H and O–H groups in total. The van der Waals surface area contributed by atoms with Crippen LogP contribution in [0.5, 0.6) is 5.75 Å². The van der Waals surface area contributed by atoms with Gasteiger partial charge in [0.2, 0.25) is 0 Å². The fourth-order valence-electron chi connectivity index (χ4n) is 3.02. The summed E-state index contributed by atoms with van der Waals surface area (Å²) in [6, 6.07) is 11.6. The minimum absolute atomic E-state index is 0.00548. The minimum Gasteiger partial charge on any atom is -0.493 e. The molecular formula is C24H18F6N2O3. The highest BCUT2D eigenvalue weighted by Crippen LogP contribution is 2.31. The van der Waals surface area contributed by atoms with Crippen LogP contribution in [0.4, 0.5) is 37.7 Å². The molecule has 0 aliphatic heterocycles. The van der Waals surface area contributed by atoms with Crippen molar-refractivity contribution < 1.29 is 40.7 Å². The number of nitrogens with one attached hydrogen (secondary N) is 2. The Balaban J connectivity index is 1.80. The average Bonchev–Trinajstić information content (AvgIpc) is 2.79. The smallest absolute Gasteiger partial charge is 0.416 e. The third kappa shape index (κ3) is 6.52. The Kier molecular flexibility index (Phi) is 7.37. The number of rotatable bonds is 6. The largest absolute Gasteiger partial charge is 0.493 e. The summed E-state index contributed by atoms with van der Waals surface area (Å²) in [5.41, 5.74) is -1.62. The van der Waals surface area contributed by atoms with Gasteiger partial charge in [0.05, 0.1) is 23.3 Å². The minimum atomic E-state index is -4.53. The molecule has 0 unspecified atom stereocenters. The van der Waals surface area contributed by atoms with Crippen molar-refractivity contribution >= 4 is 23.2 Å². The molecule has 0 fully saturated rings. The van der Waals surface area contributed by atoms with Gasteiger partial charge in [-0.05, 0) is 73.7 Å². The molecule has 3 rings (SSSR count). The summed E-state index contributed by atoms with van der Waals surface area (Å²) in [6.07, 6.45) is -9.05. The molecule has 0 heterocycles. The van der Waals surface area contributed by atoms with Crippen LogP contribution in [0, 0.1) is 0 Å². The zero-order valence-electron chi connectivity index (χ0n) is 18.1. The maximum Gasteiger partial charge on any atom is 0.416 e. The number of anilines is 2. The molecule has 11 heteroatoms. The Labute approximate surface area is 195 Å². The van der Waals surface area contributed by atoms with Gasteiger partial charge in [0, 0.05) is 16.9 Å². The molecule has 0 spiro atoms. The van der Waals surface area contributed by atoms with Gasteiger partial charge in [-0.15, -0.1) is 0 Å². The predicted octanol–water partition coefficient (Wildman–Crippen LogP) is 6.63. The monoisotopic (exact) mass is 496 g/mol. The van der Waals surface area contributed by atoms with E-state index in [0.717, 1.165) is 48.5 Å². The molecule has 0 atom stereocenters. The molecule has 2 amide bonds. The maximum atomic E-state index is 12.8. The molecule has 184 valence electrons. The van der Waals surface area contributed by atoms with E-state index in [2.05, 4.69) is 10.6 Å². The van der Waals surface area contributed by atoms with E-state index >= 15 is 0 Å². The second-order valence-electron chi connectivity index (χ2n) is 7.20. The first-order valence-electron chi connectivity index (χ1n) is 10.1. The lowest BCUT2D eigenvalue weighted by Crippen LogP contribution is -2.17. The zero-order valence-corrected chi connectivity index (χ0v) is 18.1. The Morgan fingerprint density at radius 2 is 1.17 bits per heavy atom. The van der Waals surface area contributed by atoms with E-state index in [1.807, 2.05) is 0 Å². The van der Waals surface area contributed by atoms with Gasteiger partial charge in [0.15, 0.2) is 0 Å². The Bertz CT molecular complexity index is 1200. The number of benzene rings is 3. The number of amides is 2. The summed E-state index contributed by atoms with van der Waals surface area (Å²) in [4.78, 5) is 25.4. The fraction of sp³-hybridized carbons (Fsp3) is 0.167. The number of carbonyl (C=O) groups excluding carboxylic acids is 2. The number of halogens is 6. The Morgan fingerprint density at radius 3 is 1.60 bits per heavy atom. The highest BCUT2D eigenvalue weighted by atomic mass is 19.4. The van der Waals surface area contributed by atoms with Crippen molar-refractivity contribution in [2.24, 2.45) is 0 Å². The summed E-state index contributed by atoms with van der Waals surface area (Å²) in [5.74, 6) is -1.31. The highest BCUT2D eigenvalue weighted by molar-refractivity contribution is 6.10. The van der Waals surface area contributed by atoms with Crippen molar-refractivity contribution in [2.75, 3.05) is 17.2 Å². The fourth-order valence-corrected chi connectivity index (χ4v) is 3.02. The van der Waals surface area contributed by atoms with Crippen LogP contribution in [0.1, 0.15) is 38.8 Å². The first-order valence-corrected chi connectivity index (χ1v) is 10.1. The van der Waals surface area contributed by atoms with Crippen molar-refractivity contribution in [1.29, 1.82) is 0 Å². The standard InChI is InChI=1S/C24H18F6N2O3/c1-2-35-20-12-3-14(21(33)31-17-8-4-15(5-9-17)23(25,26)27)13-19(20)22(34)32-18-10-6-16(7-11-18)24(28,29)30/h3-13H,2H2,1H3,(H,31,33)(H,32,34). The molecule has 35 heavy (non-hydrogen) atoms. The van der Waals surface area contributed by atoms with Crippen LogP contribution in [0.3, 0.4) is 0 Å². The highest BCUT2D eigenvalue weighted by Gasteiger charge is 2.31.